The van der Waals surface area contributed by atoms with Crippen molar-refractivity contribution >= 4 is 17.8 Å². The highest BCUT2D eigenvalue weighted by molar-refractivity contribution is 5.94. The fourth-order valence-corrected chi connectivity index (χ4v) is 4.55. The Balaban J connectivity index is 1.44. The van der Waals surface area contributed by atoms with Gasteiger partial charge >= 0.3 is 5.97 Å². The second-order valence-electron chi connectivity index (χ2n) is 7.83. The highest BCUT2D eigenvalue weighted by atomic mass is 16.5. The zero-order valence-electron chi connectivity index (χ0n) is 16.2. The molecule has 2 amide bonds. The summed E-state index contributed by atoms with van der Waals surface area (Å²) < 4.78 is 10.6. The van der Waals surface area contributed by atoms with E-state index in [4.69, 9.17) is 14.6 Å². The van der Waals surface area contributed by atoms with Gasteiger partial charge < -0.3 is 24.4 Å². The Labute approximate surface area is 168 Å². The fourth-order valence-electron chi connectivity index (χ4n) is 4.55. The van der Waals surface area contributed by atoms with Gasteiger partial charge in [-0.3, -0.25) is 14.5 Å². The van der Waals surface area contributed by atoms with Gasteiger partial charge in [-0.2, -0.15) is 0 Å². The lowest BCUT2D eigenvalue weighted by molar-refractivity contribution is -0.175. The molecule has 9 heteroatoms. The molecule has 0 unspecified atom stereocenters. The second kappa shape index (κ2) is 8.10. The molecule has 3 fully saturated rings. The molecule has 29 heavy (non-hydrogen) atoms. The zero-order chi connectivity index (χ0) is 20.4. The molecule has 4 rings (SSSR count). The van der Waals surface area contributed by atoms with Crippen molar-refractivity contribution in [2.45, 2.75) is 11.6 Å². The third-order valence-corrected chi connectivity index (χ3v) is 5.84. The number of carbonyl (C=O) groups excluding carboxylic acids is 2. The lowest BCUT2D eigenvalue weighted by atomic mass is 9.82. The van der Waals surface area contributed by atoms with E-state index in [1.807, 2.05) is 35.2 Å². The fraction of sp³-hybridized carbons (Fsp3) is 0.550. The number of nitrogens with zero attached hydrogens (tertiary/aromatic N) is 3. The molecular weight excluding hydrogens is 378 g/mol. The Hall–Kier alpha value is -2.49. The summed E-state index contributed by atoms with van der Waals surface area (Å²) in [5.74, 6) is -1.34. The maximum Gasteiger partial charge on any atom is 0.329 e. The second-order valence-corrected chi connectivity index (χ2v) is 7.83. The standard InChI is InChI=1S/C20H25N3O6/c24-17(10-29-11-18(25)26)22-13-20(14-22)12-21(8-16-9-28-7-6-23(16)20)19(27)15-4-2-1-3-5-15/h1-5,16H,6-14H2,(H,25,26)/t16-/m1/s1. The molecule has 1 spiro atoms. The predicted octanol–water partition coefficient (Wildman–Crippen LogP) is -0.475. The van der Waals surface area contributed by atoms with E-state index in [1.54, 1.807) is 4.90 Å². The van der Waals surface area contributed by atoms with E-state index in [-0.39, 0.29) is 30.0 Å². The minimum Gasteiger partial charge on any atom is -0.480 e. The van der Waals surface area contributed by atoms with Crippen molar-refractivity contribution in [3.05, 3.63) is 35.9 Å². The normalized spacial score (nSPS) is 23.4. The van der Waals surface area contributed by atoms with E-state index in [0.717, 1.165) is 6.54 Å². The van der Waals surface area contributed by atoms with Crippen LogP contribution in [0.3, 0.4) is 0 Å². The first kappa shape index (κ1) is 19.8. The summed E-state index contributed by atoms with van der Waals surface area (Å²) in [5, 5.41) is 8.63. The maximum atomic E-state index is 13.0. The van der Waals surface area contributed by atoms with Crippen LogP contribution >= 0.6 is 0 Å². The number of fused-ring (bicyclic) bond motifs is 2. The van der Waals surface area contributed by atoms with Gasteiger partial charge in [-0.05, 0) is 12.1 Å². The first-order valence-corrected chi connectivity index (χ1v) is 9.75. The number of carboxylic acids is 1. The van der Waals surface area contributed by atoms with Gasteiger partial charge in [0.05, 0.1) is 24.8 Å². The number of hydrogen-bond donors (Lipinski definition) is 1. The average molecular weight is 403 g/mol. The molecule has 1 aromatic rings. The van der Waals surface area contributed by atoms with Crippen molar-refractivity contribution in [2.24, 2.45) is 0 Å². The molecule has 0 bridgehead atoms. The smallest absolute Gasteiger partial charge is 0.329 e. The zero-order valence-corrected chi connectivity index (χ0v) is 16.2. The molecule has 3 saturated heterocycles. The summed E-state index contributed by atoms with van der Waals surface area (Å²) in [6, 6.07) is 9.32. The van der Waals surface area contributed by atoms with E-state index in [0.29, 0.717) is 45.0 Å². The molecule has 3 aliphatic rings. The van der Waals surface area contributed by atoms with Crippen molar-refractivity contribution in [1.29, 1.82) is 0 Å². The lowest BCUT2D eigenvalue weighted by Gasteiger charge is -2.63. The van der Waals surface area contributed by atoms with Crippen molar-refractivity contribution < 1.29 is 29.0 Å². The van der Waals surface area contributed by atoms with E-state index < -0.39 is 12.6 Å². The quantitative estimate of drug-likeness (QED) is 0.709. The first-order chi connectivity index (χ1) is 14.0. The Morgan fingerprint density at radius 3 is 2.55 bits per heavy atom. The third kappa shape index (κ3) is 3.98. The van der Waals surface area contributed by atoms with Crippen LogP contribution in [0.15, 0.2) is 30.3 Å². The van der Waals surface area contributed by atoms with Crippen LogP contribution in [0.2, 0.25) is 0 Å². The monoisotopic (exact) mass is 403 g/mol. The molecule has 0 aliphatic carbocycles. The Bertz CT molecular complexity index is 780. The van der Waals surface area contributed by atoms with Crippen LogP contribution in [0.5, 0.6) is 0 Å². The number of aliphatic carboxylic acids is 1. The van der Waals surface area contributed by atoms with Crippen LogP contribution in [-0.2, 0) is 19.1 Å². The maximum absolute atomic E-state index is 13.0. The summed E-state index contributed by atoms with van der Waals surface area (Å²) in [6.45, 7) is 3.39. The average Bonchev–Trinajstić information content (AvgIpc) is 2.71. The van der Waals surface area contributed by atoms with Crippen molar-refractivity contribution in [1.82, 2.24) is 14.7 Å². The van der Waals surface area contributed by atoms with Gasteiger partial charge in [0, 0.05) is 38.3 Å². The highest BCUT2D eigenvalue weighted by Crippen LogP contribution is 2.36. The highest BCUT2D eigenvalue weighted by Gasteiger charge is 2.56. The summed E-state index contributed by atoms with van der Waals surface area (Å²) in [7, 11) is 0. The van der Waals surface area contributed by atoms with Gasteiger partial charge in [-0.1, -0.05) is 18.2 Å². The molecule has 156 valence electrons. The van der Waals surface area contributed by atoms with Gasteiger partial charge in [0.2, 0.25) is 5.91 Å². The molecule has 3 heterocycles. The number of benzene rings is 1. The summed E-state index contributed by atoms with van der Waals surface area (Å²) in [5.41, 5.74) is 0.363. The van der Waals surface area contributed by atoms with Gasteiger partial charge in [0.1, 0.15) is 13.2 Å². The predicted molar refractivity (Wildman–Crippen MR) is 101 cm³/mol. The van der Waals surface area contributed by atoms with Crippen molar-refractivity contribution in [3.8, 4) is 0 Å². The van der Waals surface area contributed by atoms with Crippen LogP contribution < -0.4 is 0 Å². The summed E-state index contributed by atoms with van der Waals surface area (Å²) in [4.78, 5) is 41.8. The Kier molecular flexibility index (Phi) is 5.53. The number of morpholine rings is 1. The van der Waals surface area contributed by atoms with E-state index in [2.05, 4.69) is 4.90 Å². The van der Waals surface area contributed by atoms with Crippen LogP contribution in [0.1, 0.15) is 10.4 Å². The summed E-state index contributed by atoms with van der Waals surface area (Å²) >= 11 is 0. The third-order valence-electron chi connectivity index (χ3n) is 5.84. The number of likely N-dealkylation sites (tertiary alicyclic amines) is 1. The van der Waals surface area contributed by atoms with Crippen LogP contribution in [-0.4, -0.2) is 108 Å². The molecule has 0 aromatic heterocycles. The van der Waals surface area contributed by atoms with Gasteiger partial charge in [0.25, 0.3) is 5.91 Å². The minimum absolute atomic E-state index is 0.00948. The number of ether oxygens (including phenoxy) is 2. The van der Waals surface area contributed by atoms with Crippen molar-refractivity contribution in [2.75, 3.05) is 59.2 Å². The minimum atomic E-state index is -1.10. The number of piperazine rings is 1. The molecule has 9 nitrogen and oxygen atoms in total. The Morgan fingerprint density at radius 2 is 1.83 bits per heavy atom. The molecule has 1 N–H and O–H groups in total. The molecule has 1 atom stereocenters. The summed E-state index contributed by atoms with van der Waals surface area (Å²) in [6.07, 6.45) is 0. The molecule has 0 saturated carbocycles. The van der Waals surface area contributed by atoms with Gasteiger partial charge in [-0.25, -0.2) is 4.79 Å². The first-order valence-electron chi connectivity index (χ1n) is 9.75. The molecule has 1 aromatic carbocycles. The van der Waals surface area contributed by atoms with Crippen molar-refractivity contribution in [3.63, 3.8) is 0 Å². The van der Waals surface area contributed by atoms with Crippen LogP contribution in [0.4, 0.5) is 0 Å². The lowest BCUT2D eigenvalue weighted by Crippen LogP contribution is -2.81. The largest absolute Gasteiger partial charge is 0.480 e. The number of carboxylic acid groups (broad SMARTS) is 1. The number of carbonyl (C=O) groups is 3. The van der Waals surface area contributed by atoms with E-state index in [1.165, 1.54) is 0 Å². The molecule has 0 radical (unpaired) electrons. The number of hydrogen-bond acceptors (Lipinski definition) is 6. The number of amides is 2. The molecule has 3 aliphatic heterocycles. The molecular formula is C20H25N3O6. The van der Waals surface area contributed by atoms with E-state index >= 15 is 0 Å². The van der Waals surface area contributed by atoms with E-state index in [9.17, 15) is 14.4 Å². The SMILES string of the molecule is O=C(O)COCC(=O)N1CC2(C1)CN(C(=O)c1ccccc1)C[C@@H]1COCCN12. The Morgan fingerprint density at radius 1 is 1.10 bits per heavy atom. The van der Waals surface area contributed by atoms with Gasteiger partial charge in [0.15, 0.2) is 0 Å². The number of rotatable bonds is 5. The van der Waals surface area contributed by atoms with Crippen LogP contribution in [0, 0.1) is 0 Å². The topological polar surface area (TPSA) is 99.6 Å². The van der Waals surface area contributed by atoms with Crippen LogP contribution in [0.25, 0.3) is 0 Å². The van der Waals surface area contributed by atoms with Gasteiger partial charge in [-0.15, -0.1) is 0 Å².